The highest BCUT2D eigenvalue weighted by molar-refractivity contribution is 7.19. The van der Waals surface area contributed by atoms with Crippen molar-refractivity contribution in [2.45, 2.75) is 0 Å². The molecule has 0 aliphatic rings. The third kappa shape index (κ3) is 2.73. The molecular formula is C24H20Si. The summed E-state index contributed by atoms with van der Waals surface area (Å²) in [6.45, 7) is 0. The molecule has 0 saturated heterocycles. The van der Waals surface area contributed by atoms with Crippen molar-refractivity contribution in [2.24, 2.45) is 0 Å². The zero-order valence-corrected chi connectivity index (χ0v) is 14.7. The zero-order chi connectivity index (χ0) is 21.3. The van der Waals surface area contributed by atoms with E-state index in [-0.39, 0.29) is 30.2 Å². The first-order valence-corrected chi connectivity index (χ1v) is 10.2. The van der Waals surface area contributed by atoms with Crippen LogP contribution in [0.4, 0.5) is 0 Å². The Morgan fingerprint density at radius 2 is 0.800 bits per heavy atom. The van der Waals surface area contributed by atoms with Gasteiger partial charge >= 0.3 is 0 Å². The van der Waals surface area contributed by atoms with Crippen molar-refractivity contribution in [2.75, 3.05) is 0 Å². The monoisotopic (exact) mass is 341 g/mol. The van der Waals surface area contributed by atoms with Gasteiger partial charge in [-0.3, -0.25) is 0 Å². The molecule has 4 rings (SSSR count). The van der Waals surface area contributed by atoms with Gasteiger partial charge in [-0.1, -0.05) is 121 Å². The van der Waals surface area contributed by atoms with E-state index >= 15 is 0 Å². The normalized spacial score (nSPS) is 14.0. The summed E-state index contributed by atoms with van der Waals surface area (Å²) in [6, 6.07) is 28.3. The van der Waals surface area contributed by atoms with E-state index in [1.54, 1.807) is 0 Å². The molecule has 1 heteroatoms. The van der Waals surface area contributed by atoms with Crippen molar-refractivity contribution in [1.82, 2.24) is 0 Å². The molecule has 0 aromatic heterocycles. The molecule has 0 fully saturated rings. The Morgan fingerprint density at radius 1 is 0.440 bits per heavy atom. The van der Waals surface area contributed by atoms with E-state index in [1.807, 2.05) is 91.0 Å². The van der Waals surface area contributed by atoms with E-state index in [1.165, 1.54) is 0 Å². The van der Waals surface area contributed by atoms with Crippen molar-refractivity contribution in [3.05, 3.63) is 121 Å². The van der Waals surface area contributed by atoms with Crippen LogP contribution in [-0.4, -0.2) is 8.07 Å². The predicted molar refractivity (Wildman–Crippen MR) is 110 cm³/mol. The van der Waals surface area contributed by atoms with Gasteiger partial charge in [-0.25, -0.2) is 0 Å². The van der Waals surface area contributed by atoms with E-state index in [2.05, 4.69) is 0 Å². The van der Waals surface area contributed by atoms with Crippen LogP contribution in [0.2, 0.25) is 0 Å². The van der Waals surface area contributed by atoms with Gasteiger partial charge in [0.05, 0.1) is 6.85 Å². The number of hydrogen-bond acceptors (Lipinski definition) is 0. The molecule has 0 bridgehead atoms. The minimum absolute atomic E-state index is 0.135. The van der Waals surface area contributed by atoms with Gasteiger partial charge in [0.1, 0.15) is 0 Å². The maximum Gasteiger partial charge on any atom is 0.179 e. The smallest absolute Gasteiger partial charge is 0.0623 e. The molecule has 0 amide bonds. The van der Waals surface area contributed by atoms with Crippen molar-refractivity contribution < 1.29 is 6.85 Å². The maximum absolute atomic E-state index is 8.80. The predicted octanol–water partition coefficient (Wildman–Crippen LogP) is 3.06. The van der Waals surface area contributed by atoms with Crippen LogP contribution in [0, 0.1) is 0 Å². The number of rotatable bonds is 4. The van der Waals surface area contributed by atoms with Crippen LogP contribution in [-0.2, 0) is 0 Å². The first-order chi connectivity index (χ1) is 14.5. The summed E-state index contributed by atoms with van der Waals surface area (Å²) in [7, 11) is -3.17. The second-order valence-electron chi connectivity index (χ2n) is 5.85. The summed E-state index contributed by atoms with van der Waals surface area (Å²) in [4.78, 5) is 0. The Labute approximate surface area is 157 Å². The highest BCUT2D eigenvalue weighted by atomic mass is 28.3. The minimum atomic E-state index is -3.17. The molecule has 4 aromatic rings. The van der Waals surface area contributed by atoms with Crippen LogP contribution in [0.1, 0.15) is 6.85 Å². The first kappa shape index (κ1) is 10.9. The Kier molecular flexibility index (Phi) is 3.00. The maximum atomic E-state index is 8.80. The standard InChI is InChI=1S/C24H20Si/c1-5-13-21(14-6-1)25(22-15-7-2-8-16-22,23-17-9-3-10-18-23)24-19-11-4-12-20-24/h1-20H/i1D,5D,6D,13D,14D. The van der Waals surface area contributed by atoms with Gasteiger partial charge in [0, 0.05) is 0 Å². The summed E-state index contributed by atoms with van der Waals surface area (Å²) in [5, 5.41) is 3.31. The molecule has 0 unspecified atom stereocenters. The second kappa shape index (κ2) is 6.92. The Hall–Kier alpha value is -2.90. The minimum Gasteiger partial charge on any atom is -0.0623 e. The van der Waals surface area contributed by atoms with E-state index in [4.69, 9.17) is 6.85 Å². The molecule has 25 heavy (non-hydrogen) atoms. The average Bonchev–Trinajstić information content (AvgIpc) is 2.81. The van der Waals surface area contributed by atoms with Gasteiger partial charge < -0.3 is 0 Å². The van der Waals surface area contributed by atoms with Crippen molar-refractivity contribution >= 4 is 28.8 Å². The van der Waals surface area contributed by atoms with Crippen molar-refractivity contribution in [3.63, 3.8) is 0 Å². The average molecular weight is 342 g/mol. The third-order valence-electron chi connectivity index (χ3n) is 4.50. The van der Waals surface area contributed by atoms with E-state index < -0.39 is 8.07 Å². The highest BCUT2D eigenvalue weighted by Gasteiger charge is 2.40. The van der Waals surface area contributed by atoms with Gasteiger partial charge in [0.15, 0.2) is 8.07 Å². The summed E-state index contributed by atoms with van der Waals surface area (Å²) < 4.78 is 42.3. The van der Waals surface area contributed by atoms with Crippen LogP contribution >= 0.6 is 0 Å². The van der Waals surface area contributed by atoms with Crippen molar-refractivity contribution in [1.29, 1.82) is 0 Å². The van der Waals surface area contributed by atoms with E-state index in [0.717, 1.165) is 15.6 Å². The van der Waals surface area contributed by atoms with Crippen LogP contribution in [0.15, 0.2) is 121 Å². The molecule has 0 N–H and O–H groups in total. The quantitative estimate of drug-likeness (QED) is 0.395. The molecule has 0 radical (unpaired) electrons. The fraction of sp³-hybridized carbons (Fsp3) is 0. The lowest BCUT2D eigenvalue weighted by molar-refractivity contribution is 1.66. The molecule has 4 aromatic carbocycles. The Morgan fingerprint density at radius 3 is 1.16 bits per heavy atom. The lowest BCUT2D eigenvalue weighted by atomic mass is 10.3. The van der Waals surface area contributed by atoms with Gasteiger partial charge in [-0.2, -0.15) is 0 Å². The van der Waals surface area contributed by atoms with Gasteiger partial charge in [0.2, 0.25) is 0 Å². The SMILES string of the molecule is [2H]c1c([2H])c([2H])c([Si](c2ccccc2)(c2ccccc2)c2ccccc2)c([2H])c1[2H]. The summed E-state index contributed by atoms with van der Waals surface area (Å²) in [5.74, 6) is 0. The third-order valence-corrected chi connectivity index (χ3v) is 9.09. The van der Waals surface area contributed by atoms with Crippen LogP contribution in [0.5, 0.6) is 0 Å². The Balaban J connectivity index is 2.27. The van der Waals surface area contributed by atoms with Gasteiger partial charge in [-0.05, 0) is 20.7 Å². The van der Waals surface area contributed by atoms with Crippen LogP contribution in [0.25, 0.3) is 0 Å². The molecule has 0 heterocycles. The summed E-state index contributed by atoms with van der Waals surface area (Å²) >= 11 is 0. The highest BCUT2D eigenvalue weighted by Crippen LogP contribution is 2.09. The molecule has 0 saturated carbocycles. The fourth-order valence-electron chi connectivity index (χ4n) is 3.43. The second-order valence-corrected chi connectivity index (χ2v) is 9.58. The van der Waals surface area contributed by atoms with Crippen LogP contribution in [0.3, 0.4) is 0 Å². The largest absolute Gasteiger partial charge is 0.179 e. The van der Waals surface area contributed by atoms with Crippen LogP contribution < -0.4 is 20.7 Å². The fourth-order valence-corrected chi connectivity index (χ4v) is 7.88. The van der Waals surface area contributed by atoms with E-state index in [9.17, 15) is 0 Å². The summed E-state index contributed by atoms with van der Waals surface area (Å²) in [5.41, 5.74) is 0. The van der Waals surface area contributed by atoms with Gasteiger partial charge in [-0.15, -0.1) is 0 Å². The van der Waals surface area contributed by atoms with E-state index in [0.29, 0.717) is 5.19 Å². The first-order valence-electron chi connectivity index (χ1n) is 10.7. The zero-order valence-electron chi connectivity index (χ0n) is 18.7. The van der Waals surface area contributed by atoms with Crippen molar-refractivity contribution in [3.8, 4) is 0 Å². The van der Waals surface area contributed by atoms with Gasteiger partial charge in [0.25, 0.3) is 0 Å². The molecule has 120 valence electrons. The lowest BCUT2D eigenvalue weighted by Crippen LogP contribution is -2.74. The lowest BCUT2D eigenvalue weighted by Gasteiger charge is -2.34. The molecule has 0 spiro atoms. The topological polar surface area (TPSA) is 0 Å². The molecular weight excluding hydrogens is 316 g/mol. The molecule has 0 nitrogen and oxygen atoms in total. The number of benzene rings is 4. The summed E-state index contributed by atoms with van der Waals surface area (Å²) in [6.07, 6.45) is 0. The molecule has 0 atom stereocenters. The molecule has 0 aliphatic heterocycles. The Bertz CT molecular complexity index is 1050. The molecule has 0 aliphatic carbocycles. The number of hydrogen-bond donors (Lipinski definition) is 0.